The van der Waals surface area contributed by atoms with Crippen molar-refractivity contribution in [2.75, 3.05) is 6.54 Å². The number of aryl methyl sites for hydroxylation is 1. The molecule has 7 nitrogen and oxygen atoms in total. The van der Waals surface area contributed by atoms with Crippen molar-refractivity contribution in [1.82, 2.24) is 4.90 Å². The lowest BCUT2D eigenvalue weighted by molar-refractivity contribution is -0.149. The first-order valence-electron chi connectivity index (χ1n) is 10.4. The summed E-state index contributed by atoms with van der Waals surface area (Å²) in [6.45, 7) is 6.73. The average Bonchev–Trinajstić information content (AvgIpc) is 3.35. The van der Waals surface area contributed by atoms with Crippen LogP contribution < -0.4 is 5.63 Å². The zero-order valence-corrected chi connectivity index (χ0v) is 17.8. The Hall–Kier alpha value is -3.35. The van der Waals surface area contributed by atoms with Crippen LogP contribution >= 0.6 is 0 Å². The molecule has 3 aromatic rings. The normalized spacial score (nSPS) is 16.5. The maximum absolute atomic E-state index is 12.6. The van der Waals surface area contributed by atoms with Crippen molar-refractivity contribution in [3.8, 4) is 0 Å². The van der Waals surface area contributed by atoms with Gasteiger partial charge in [-0.25, -0.2) is 4.79 Å². The van der Waals surface area contributed by atoms with Crippen LogP contribution in [0.5, 0.6) is 0 Å². The van der Waals surface area contributed by atoms with Gasteiger partial charge in [0, 0.05) is 30.0 Å². The summed E-state index contributed by atoms with van der Waals surface area (Å²) in [6, 6.07) is 8.75. The average molecular weight is 423 g/mol. The predicted octanol–water partition coefficient (Wildman–Crippen LogP) is 3.91. The molecule has 0 N–H and O–H groups in total. The van der Waals surface area contributed by atoms with E-state index in [1.165, 1.54) is 6.07 Å². The van der Waals surface area contributed by atoms with Crippen molar-refractivity contribution < 1.29 is 23.2 Å². The van der Waals surface area contributed by atoms with Crippen molar-refractivity contribution in [2.24, 2.45) is 5.92 Å². The summed E-state index contributed by atoms with van der Waals surface area (Å²) in [7, 11) is 0. The molecule has 0 spiro atoms. The van der Waals surface area contributed by atoms with E-state index in [1.807, 2.05) is 19.1 Å². The Morgan fingerprint density at radius 2 is 2.06 bits per heavy atom. The third kappa shape index (κ3) is 4.40. The van der Waals surface area contributed by atoms with Gasteiger partial charge in [0.25, 0.3) is 0 Å². The fourth-order valence-electron chi connectivity index (χ4n) is 4.07. The molecule has 0 aliphatic carbocycles. The van der Waals surface area contributed by atoms with Gasteiger partial charge in [-0.15, -0.1) is 0 Å². The highest BCUT2D eigenvalue weighted by Crippen LogP contribution is 2.28. The molecule has 3 heterocycles. The lowest BCUT2D eigenvalue weighted by atomic mass is 9.95. The van der Waals surface area contributed by atoms with Crippen LogP contribution in [0.4, 0.5) is 0 Å². The van der Waals surface area contributed by atoms with Gasteiger partial charge in [-0.3, -0.25) is 9.59 Å². The number of fused-ring (bicyclic) bond motifs is 1. The number of nitrogens with zero attached hydrogens (tertiary/aromatic N) is 1. The summed E-state index contributed by atoms with van der Waals surface area (Å²) in [5.74, 6) is -0.131. The van der Waals surface area contributed by atoms with E-state index in [4.69, 9.17) is 13.6 Å². The number of furan rings is 1. The van der Waals surface area contributed by atoms with Crippen LogP contribution in [0.3, 0.4) is 0 Å². The first-order valence-corrected chi connectivity index (χ1v) is 10.4. The van der Waals surface area contributed by atoms with E-state index in [2.05, 4.69) is 13.8 Å². The number of hydrogen-bond acceptors (Lipinski definition) is 6. The second-order valence-electron chi connectivity index (χ2n) is 8.31. The summed E-state index contributed by atoms with van der Waals surface area (Å²) in [5, 5.41) is 0.753. The second kappa shape index (κ2) is 8.41. The van der Waals surface area contributed by atoms with E-state index in [9.17, 15) is 14.4 Å². The molecule has 7 heteroatoms. The highest BCUT2D eigenvalue weighted by molar-refractivity contribution is 5.87. The van der Waals surface area contributed by atoms with Gasteiger partial charge >= 0.3 is 11.6 Å². The SMILES string of the molecule is Cc1cc2oc(=O)cc(COC(=O)[C@H]3CC(=O)N(Cc4ccco4)C3)c2cc1C(C)C. The Morgan fingerprint density at radius 1 is 1.26 bits per heavy atom. The Labute approximate surface area is 179 Å². The number of carbonyl (C=O) groups is 2. The molecule has 0 radical (unpaired) electrons. The van der Waals surface area contributed by atoms with E-state index < -0.39 is 17.5 Å². The highest BCUT2D eigenvalue weighted by atomic mass is 16.5. The minimum Gasteiger partial charge on any atom is -0.467 e. The molecule has 162 valence electrons. The van der Waals surface area contributed by atoms with Crippen LogP contribution in [0.2, 0.25) is 0 Å². The molecule has 0 bridgehead atoms. The summed E-state index contributed by atoms with van der Waals surface area (Å²) in [4.78, 5) is 38.5. The molecule has 4 rings (SSSR count). The van der Waals surface area contributed by atoms with Crippen molar-refractivity contribution in [2.45, 2.75) is 46.3 Å². The number of ether oxygens (including phenoxy) is 1. The number of amides is 1. The second-order valence-corrected chi connectivity index (χ2v) is 8.31. The summed E-state index contributed by atoms with van der Waals surface area (Å²) in [6.07, 6.45) is 1.66. The van der Waals surface area contributed by atoms with Crippen molar-refractivity contribution >= 4 is 22.8 Å². The van der Waals surface area contributed by atoms with Crippen LogP contribution in [-0.2, 0) is 27.5 Å². The Bertz CT molecular complexity index is 1170. The number of hydrogen-bond donors (Lipinski definition) is 0. The van der Waals surface area contributed by atoms with E-state index in [0.717, 1.165) is 16.5 Å². The number of esters is 1. The topological polar surface area (TPSA) is 90.0 Å². The van der Waals surface area contributed by atoms with E-state index >= 15 is 0 Å². The molecule has 1 aromatic carbocycles. The number of likely N-dealkylation sites (tertiary alicyclic amines) is 1. The van der Waals surface area contributed by atoms with Crippen LogP contribution in [0.15, 0.2) is 50.2 Å². The van der Waals surface area contributed by atoms with Gasteiger partial charge in [0.1, 0.15) is 18.0 Å². The van der Waals surface area contributed by atoms with Crippen LogP contribution in [-0.4, -0.2) is 23.3 Å². The Morgan fingerprint density at radius 3 is 2.77 bits per heavy atom. The van der Waals surface area contributed by atoms with Gasteiger partial charge in [-0.2, -0.15) is 0 Å². The van der Waals surface area contributed by atoms with Gasteiger partial charge in [0.15, 0.2) is 0 Å². The molecule has 1 amide bonds. The fraction of sp³-hybridized carbons (Fsp3) is 0.375. The smallest absolute Gasteiger partial charge is 0.336 e. The van der Waals surface area contributed by atoms with Crippen LogP contribution in [0.25, 0.3) is 11.0 Å². The zero-order chi connectivity index (χ0) is 22.1. The maximum Gasteiger partial charge on any atom is 0.336 e. The largest absolute Gasteiger partial charge is 0.467 e. The molecule has 1 fully saturated rings. The molecule has 1 atom stereocenters. The third-order valence-electron chi connectivity index (χ3n) is 5.68. The molecular weight excluding hydrogens is 398 g/mol. The first kappa shape index (κ1) is 20.9. The molecule has 31 heavy (non-hydrogen) atoms. The van der Waals surface area contributed by atoms with Gasteiger partial charge in [0.05, 0.1) is 18.7 Å². The van der Waals surface area contributed by atoms with E-state index in [0.29, 0.717) is 29.4 Å². The monoisotopic (exact) mass is 423 g/mol. The number of rotatable bonds is 6. The highest BCUT2D eigenvalue weighted by Gasteiger charge is 2.35. The lowest BCUT2D eigenvalue weighted by Crippen LogP contribution is -2.26. The zero-order valence-electron chi connectivity index (χ0n) is 17.8. The van der Waals surface area contributed by atoms with Gasteiger partial charge in [-0.1, -0.05) is 13.8 Å². The molecule has 1 aliphatic rings. The standard InChI is InChI=1S/C24H25NO6/c1-14(2)19-10-20-17(9-23(27)31-21(20)7-15(19)3)13-30-24(28)16-8-22(26)25(11-16)12-18-5-4-6-29-18/h4-7,9-10,14,16H,8,11-13H2,1-3H3/t16-/m0/s1. The summed E-state index contributed by atoms with van der Waals surface area (Å²) < 4.78 is 16.1. The molecule has 1 saturated heterocycles. The number of benzene rings is 1. The Balaban J connectivity index is 1.48. The fourth-order valence-corrected chi connectivity index (χ4v) is 4.07. The van der Waals surface area contributed by atoms with Gasteiger partial charge < -0.3 is 18.5 Å². The van der Waals surface area contributed by atoms with Crippen LogP contribution in [0, 0.1) is 12.8 Å². The summed E-state index contributed by atoms with van der Waals surface area (Å²) in [5.41, 5.74) is 2.76. The van der Waals surface area contributed by atoms with Crippen molar-refractivity contribution in [3.63, 3.8) is 0 Å². The van der Waals surface area contributed by atoms with Crippen molar-refractivity contribution in [1.29, 1.82) is 0 Å². The van der Waals surface area contributed by atoms with Crippen LogP contribution in [0.1, 0.15) is 48.6 Å². The molecule has 0 saturated carbocycles. The maximum atomic E-state index is 12.6. The Kier molecular flexibility index (Phi) is 5.67. The van der Waals surface area contributed by atoms with Crippen molar-refractivity contribution in [3.05, 3.63) is 69.5 Å². The minimum absolute atomic E-state index is 0.0512. The van der Waals surface area contributed by atoms with Gasteiger partial charge in [-0.05, 0) is 48.2 Å². The molecular formula is C24H25NO6. The van der Waals surface area contributed by atoms with E-state index in [1.54, 1.807) is 23.3 Å². The van der Waals surface area contributed by atoms with E-state index in [-0.39, 0.29) is 25.5 Å². The predicted molar refractivity (Wildman–Crippen MR) is 113 cm³/mol. The summed E-state index contributed by atoms with van der Waals surface area (Å²) >= 11 is 0. The molecule has 2 aromatic heterocycles. The quantitative estimate of drug-likeness (QED) is 0.441. The lowest BCUT2D eigenvalue weighted by Gasteiger charge is -2.15. The first-order chi connectivity index (χ1) is 14.8. The number of carbonyl (C=O) groups excluding carboxylic acids is 2. The van der Waals surface area contributed by atoms with Gasteiger partial charge in [0.2, 0.25) is 5.91 Å². The minimum atomic E-state index is -0.540. The third-order valence-corrected chi connectivity index (χ3v) is 5.68. The molecule has 0 unspecified atom stereocenters. The molecule has 1 aliphatic heterocycles.